The lowest BCUT2D eigenvalue weighted by atomic mass is 10.1. The van der Waals surface area contributed by atoms with Crippen LogP contribution < -0.4 is 0 Å². The number of rotatable bonds is 3. The summed E-state index contributed by atoms with van der Waals surface area (Å²) in [6.07, 6.45) is 0. The molecule has 0 amide bonds. The van der Waals surface area contributed by atoms with Gasteiger partial charge in [0.05, 0.1) is 4.90 Å². The van der Waals surface area contributed by atoms with Crippen LogP contribution in [0.5, 0.6) is 0 Å². The Morgan fingerprint density at radius 3 is 2.21 bits per heavy atom. The highest BCUT2D eigenvalue weighted by Crippen LogP contribution is 2.31. The van der Waals surface area contributed by atoms with Gasteiger partial charge >= 0.3 is 11.2 Å². The summed E-state index contributed by atoms with van der Waals surface area (Å²) in [5.74, 6) is -2.69. The van der Waals surface area contributed by atoms with Crippen molar-refractivity contribution < 1.29 is 27.1 Å². The minimum Gasteiger partial charge on any atom is -0.476 e. The number of carbonyl (C=O) groups is 1. The van der Waals surface area contributed by atoms with Crippen LogP contribution in [-0.4, -0.2) is 24.7 Å². The second-order valence-electron chi connectivity index (χ2n) is 3.83. The molecule has 0 unspecified atom stereocenters. The molecule has 0 spiro atoms. The minimum atomic E-state index is -5.26. The maximum atomic E-state index is 13.2. The van der Waals surface area contributed by atoms with Gasteiger partial charge < -0.3 is 5.11 Å². The molecule has 2 aromatic carbocycles. The normalized spacial score (nSPS) is 12.5. The van der Waals surface area contributed by atoms with Crippen molar-refractivity contribution in [1.82, 2.24) is 0 Å². The van der Waals surface area contributed by atoms with E-state index in [1.807, 2.05) is 0 Å². The van der Waals surface area contributed by atoms with Gasteiger partial charge in [-0.05, 0) is 22.9 Å². The number of hydrogen-bond donors (Lipinski definition) is 1. The van der Waals surface area contributed by atoms with Gasteiger partial charge in [-0.1, -0.05) is 30.3 Å². The van der Waals surface area contributed by atoms with Gasteiger partial charge in [-0.25, -0.2) is 13.2 Å². The fraction of sp³-hybridized carbons (Fsp3) is 0.0833. The summed E-state index contributed by atoms with van der Waals surface area (Å²) >= 11 is 0. The van der Waals surface area contributed by atoms with Crippen LogP contribution in [0.4, 0.5) is 8.78 Å². The molecule has 2 aromatic rings. The smallest absolute Gasteiger partial charge is 0.444 e. The molecule has 0 saturated heterocycles. The van der Waals surface area contributed by atoms with Crippen molar-refractivity contribution >= 4 is 26.6 Å². The van der Waals surface area contributed by atoms with Gasteiger partial charge in [0.2, 0.25) is 0 Å². The molecular weight excluding hydrogens is 278 g/mol. The molecule has 0 aromatic heterocycles. The van der Waals surface area contributed by atoms with E-state index in [2.05, 4.69) is 0 Å². The summed E-state index contributed by atoms with van der Waals surface area (Å²) in [7, 11) is -5.26. The van der Waals surface area contributed by atoms with Crippen LogP contribution in [0.1, 0.15) is 0 Å². The zero-order chi connectivity index (χ0) is 14.3. The molecule has 0 aliphatic heterocycles. The molecule has 0 atom stereocenters. The Morgan fingerprint density at radius 1 is 1.05 bits per heavy atom. The summed E-state index contributed by atoms with van der Waals surface area (Å²) in [5.41, 5.74) is 0. The van der Waals surface area contributed by atoms with Crippen molar-refractivity contribution in [2.75, 3.05) is 0 Å². The molecule has 0 bridgehead atoms. The first-order valence-electron chi connectivity index (χ1n) is 5.11. The van der Waals surface area contributed by atoms with Crippen molar-refractivity contribution in [3.05, 3.63) is 42.5 Å². The maximum Gasteiger partial charge on any atom is 0.444 e. The number of sulfone groups is 1. The lowest BCUT2D eigenvalue weighted by Gasteiger charge is -2.12. The molecule has 0 radical (unpaired) electrons. The number of carboxylic acids is 1. The molecule has 2 rings (SSSR count). The van der Waals surface area contributed by atoms with Crippen LogP contribution in [0.25, 0.3) is 10.8 Å². The van der Waals surface area contributed by atoms with E-state index < -0.39 is 26.0 Å². The van der Waals surface area contributed by atoms with Crippen molar-refractivity contribution in [3.8, 4) is 0 Å². The first kappa shape index (κ1) is 13.4. The van der Waals surface area contributed by atoms with E-state index in [4.69, 9.17) is 5.11 Å². The van der Waals surface area contributed by atoms with Crippen LogP contribution >= 0.6 is 0 Å². The number of alkyl halides is 2. The fourth-order valence-electron chi connectivity index (χ4n) is 1.60. The molecule has 0 aliphatic carbocycles. The van der Waals surface area contributed by atoms with Crippen molar-refractivity contribution in [3.63, 3.8) is 0 Å². The molecule has 0 aliphatic rings. The molecule has 1 N–H and O–H groups in total. The Kier molecular flexibility index (Phi) is 3.01. The lowest BCUT2D eigenvalue weighted by Crippen LogP contribution is -2.37. The van der Waals surface area contributed by atoms with E-state index in [1.165, 1.54) is 6.07 Å². The quantitative estimate of drug-likeness (QED) is 0.939. The molecule has 7 heteroatoms. The van der Waals surface area contributed by atoms with Crippen LogP contribution in [0.15, 0.2) is 47.4 Å². The molecule has 19 heavy (non-hydrogen) atoms. The Hall–Kier alpha value is -2.02. The van der Waals surface area contributed by atoms with E-state index in [9.17, 15) is 22.0 Å². The number of halogens is 2. The maximum absolute atomic E-state index is 13.2. The first-order valence-corrected chi connectivity index (χ1v) is 6.60. The van der Waals surface area contributed by atoms with Crippen LogP contribution in [0.2, 0.25) is 0 Å². The van der Waals surface area contributed by atoms with E-state index in [1.54, 1.807) is 24.3 Å². The third-order valence-electron chi connectivity index (χ3n) is 2.62. The fourth-order valence-corrected chi connectivity index (χ4v) is 2.65. The topological polar surface area (TPSA) is 71.4 Å². The lowest BCUT2D eigenvalue weighted by molar-refractivity contribution is -0.153. The molecule has 100 valence electrons. The average molecular weight is 286 g/mol. The average Bonchev–Trinajstić information content (AvgIpc) is 2.37. The number of hydrogen-bond acceptors (Lipinski definition) is 3. The number of fused-ring (bicyclic) bond motifs is 1. The second-order valence-corrected chi connectivity index (χ2v) is 5.83. The third kappa shape index (κ3) is 2.06. The summed E-state index contributed by atoms with van der Waals surface area (Å²) in [6.45, 7) is 0. The Morgan fingerprint density at radius 2 is 1.63 bits per heavy atom. The Bertz CT molecular complexity index is 753. The van der Waals surface area contributed by atoms with Gasteiger partial charge in [0, 0.05) is 0 Å². The standard InChI is InChI=1S/C12H8F2O4S/c13-12(14,11(15)16)19(17,18)10-6-5-8-3-1-2-4-9(8)7-10/h1-7H,(H,15,16). The van der Waals surface area contributed by atoms with E-state index in [0.29, 0.717) is 10.8 Å². The summed E-state index contributed by atoms with van der Waals surface area (Å²) in [5, 5.41) is 4.57. The summed E-state index contributed by atoms with van der Waals surface area (Å²) in [4.78, 5) is 9.65. The van der Waals surface area contributed by atoms with Gasteiger partial charge in [-0.3, -0.25) is 0 Å². The van der Waals surface area contributed by atoms with Crippen molar-refractivity contribution in [2.24, 2.45) is 0 Å². The third-order valence-corrected chi connectivity index (χ3v) is 4.34. The van der Waals surface area contributed by atoms with Crippen LogP contribution in [0, 0.1) is 0 Å². The van der Waals surface area contributed by atoms with Gasteiger partial charge in [0.25, 0.3) is 9.84 Å². The van der Waals surface area contributed by atoms with Gasteiger partial charge in [-0.2, -0.15) is 8.78 Å². The van der Waals surface area contributed by atoms with E-state index in [-0.39, 0.29) is 0 Å². The predicted octanol–water partition coefficient (Wildman–Crippen LogP) is 2.29. The van der Waals surface area contributed by atoms with Gasteiger partial charge in [-0.15, -0.1) is 0 Å². The van der Waals surface area contributed by atoms with Crippen LogP contribution in [0.3, 0.4) is 0 Å². The predicted molar refractivity (Wildman–Crippen MR) is 63.7 cm³/mol. The summed E-state index contributed by atoms with van der Waals surface area (Å²) < 4.78 is 49.7. The molecule has 0 heterocycles. The zero-order valence-corrected chi connectivity index (χ0v) is 10.2. The number of aliphatic carboxylic acids is 1. The van der Waals surface area contributed by atoms with Crippen molar-refractivity contribution in [1.29, 1.82) is 0 Å². The van der Waals surface area contributed by atoms with Gasteiger partial charge in [0.1, 0.15) is 0 Å². The van der Waals surface area contributed by atoms with Gasteiger partial charge in [0.15, 0.2) is 0 Å². The highest BCUT2D eigenvalue weighted by atomic mass is 32.2. The van der Waals surface area contributed by atoms with Crippen molar-refractivity contribution in [2.45, 2.75) is 10.2 Å². The zero-order valence-electron chi connectivity index (χ0n) is 9.38. The molecule has 0 saturated carbocycles. The SMILES string of the molecule is O=C(O)C(F)(F)S(=O)(=O)c1ccc2ccccc2c1. The monoisotopic (exact) mass is 286 g/mol. The Labute approximate surface area is 107 Å². The largest absolute Gasteiger partial charge is 0.476 e. The Balaban J connectivity index is 2.65. The second kappa shape index (κ2) is 4.27. The molecule has 0 fully saturated rings. The summed E-state index contributed by atoms with van der Waals surface area (Å²) in [6, 6.07) is 9.90. The van der Waals surface area contributed by atoms with E-state index >= 15 is 0 Å². The highest BCUT2D eigenvalue weighted by Gasteiger charge is 2.53. The number of carboxylic acid groups (broad SMARTS) is 1. The molecular formula is C12H8F2O4S. The molecule has 4 nitrogen and oxygen atoms in total. The highest BCUT2D eigenvalue weighted by molar-refractivity contribution is 7.93. The minimum absolute atomic E-state index is 0.435. The van der Waals surface area contributed by atoms with Crippen LogP contribution in [-0.2, 0) is 14.6 Å². The number of benzene rings is 2. The first-order chi connectivity index (χ1) is 8.76. The van der Waals surface area contributed by atoms with E-state index in [0.717, 1.165) is 12.1 Å².